The highest BCUT2D eigenvalue weighted by Gasteiger charge is 2.40. The number of aliphatic carboxylic acids is 1. The molecule has 1 aliphatic heterocycles. The van der Waals surface area contributed by atoms with Crippen LogP contribution in [0.3, 0.4) is 0 Å². The van der Waals surface area contributed by atoms with Crippen molar-refractivity contribution in [3.05, 3.63) is 76.0 Å². The number of benzene rings is 3. The van der Waals surface area contributed by atoms with Gasteiger partial charge < -0.3 is 9.84 Å². The fourth-order valence-electron chi connectivity index (χ4n) is 4.20. The molecule has 4 rings (SSSR count). The molecule has 1 aliphatic rings. The number of nitrogens with zero attached hydrogens (tertiary/aromatic N) is 1. The van der Waals surface area contributed by atoms with Gasteiger partial charge in [0.1, 0.15) is 17.7 Å². The van der Waals surface area contributed by atoms with Gasteiger partial charge in [0.25, 0.3) is 10.0 Å². The second-order valence-electron chi connectivity index (χ2n) is 9.63. The van der Waals surface area contributed by atoms with Crippen molar-refractivity contribution >= 4 is 44.9 Å². The molecule has 0 saturated carbocycles. The summed E-state index contributed by atoms with van der Waals surface area (Å²) in [7, 11) is -4.62. The van der Waals surface area contributed by atoms with E-state index in [4.69, 9.17) is 27.9 Å². The molecule has 208 valence electrons. The summed E-state index contributed by atoms with van der Waals surface area (Å²) >= 11 is 12.1. The third-order valence-corrected chi connectivity index (χ3v) is 8.64. The highest BCUT2D eigenvalue weighted by atomic mass is 35.5. The van der Waals surface area contributed by atoms with Crippen LogP contribution in [0.5, 0.6) is 5.75 Å². The Morgan fingerprint density at radius 1 is 1.10 bits per heavy atom. The maximum Gasteiger partial charge on any atom is 0.416 e. The lowest BCUT2D eigenvalue weighted by Crippen LogP contribution is -2.46. The first-order chi connectivity index (χ1) is 18.0. The summed E-state index contributed by atoms with van der Waals surface area (Å²) in [4.78, 5) is 11.1. The molecule has 0 spiro atoms. The van der Waals surface area contributed by atoms with Gasteiger partial charge in [-0.3, -0.25) is 9.10 Å². The number of hydrogen-bond donors (Lipinski definition) is 1. The Hall–Kier alpha value is -3.02. The first-order valence-corrected chi connectivity index (χ1v) is 13.6. The third-order valence-electron chi connectivity index (χ3n) is 6.26. The number of halogens is 6. The van der Waals surface area contributed by atoms with Crippen molar-refractivity contribution in [3.8, 4) is 16.9 Å². The average molecular weight is 606 g/mol. The van der Waals surface area contributed by atoms with E-state index in [0.717, 1.165) is 28.6 Å². The normalized spacial score (nSPS) is 16.0. The molecule has 0 amide bonds. The molecule has 6 nitrogen and oxygen atoms in total. The highest BCUT2D eigenvalue weighted by Crippen LogP contribution is 2.44. The van der Waals surface area contributed by atoms with Crippen LogP contribution in [0, 0.1) is 11.2 Å². The minimum Gasteiger partial charge on any atom is -0.486 e. The zero-order chi connectivity index (χ0) is 28.9. The number of carboxylic acid groups (broad SMARTS) is 1. The number of hydrogen-bond acceptors (Lipinski definition) is 4. The molecule has 1 N–H and O–H groups in total. The van der Waals surface area contributed by atoms with Crippen molar-refractivity contribution in [2.75, 3.05) is 10.8 Å². The molecule has 0 fully saturated rings. The lowest BCUT2D eigenvalue weighted by Gasteiger charge is -2.38. The maximum atomic E-state index is 14.3. The average Bonchev–Trinajstić information content (AvgIpc) is 2.84. The molecule has 1 atom stereocenters. The molecule has 0 unspecified atom stereocenters. The molecule has 0 aromatic heterocycles. The quantitative estimate of drug-likeness (QED) is 0.236. The summed E-state index contributed by atoms with van der Waals surface area (Å²) in [5, 5.41) is 9.32. The second kappa shape index (κ2) is 10.2. The number of anilines is 1. The van der Waals surface area contributed by atoms with Crippen molar-refractivity contribution in [1.82, 2.24) is 0 Å². The molecule has 13 heteroatoms. The predicted octanol–water partition coefficient (Wildman–Crippen LogP) is 7.28. The van der Waals surface area contributed by atoms with Crippen LogP contribution in [0.1, 0.15) is 25.8 Å². The van der Waals surface area contributed by atoms with Gasteiger partial charge in [-0.25, -0.2) is 12.8 Å². The first-order valence-electron chi connectivity index (χ1n) is 11.4. The van der Waals surface area contributed by atoms with Crippen LogP contribution in [0.25, 0.3) is 11.1 Å². The Bertz CT molecular complexity index is 1560. The number of fused-ring (bicyclic) bond motifs is 1. The van der Waals surface area contributed by atoms with Crippen molar-refractivity contribution in [2.45, 2.75) is 37.4 Å². The minimum atomic E-state index is -4.79. The van der Waals surface area contributed by atoms with E-state index in [2.05, 4.69) is 0 Å². The van der Waals surface area contributed by atoms with Crippen LogP contribution in [0.4, 0.5) is 23.2 Å². The molecule has 0 bridgehead atoms. The molecule has 0 radical (unpaired) electrons. The number of carbonyl (C=O) groups is 1. The van der Waals surface area contributed by atoms with Crippen molar-refractivity contribution in [1.29, 1.82) is 0 Å². The van der Waals surface area contributed by atoms with E-state index < -0.39 is 56.5 Å². The molecule has 0 saturated heterocycles. The molecule has 1 heterocycles. The smallest absolute Gasteiger partial charge is 0.416 e. The topological polar surface area (TPSA) is 83.9 Å². The molecular weight excluding hydrogens is 585 g/mol. The zero-order valence-electron chi connectivity index (χ0n) is 20.4. The van der Waals surface area contributed by atoms with E-state index in [0.29, 0.717) is 6.07 Å². The number of alkyl halides is 3. The SMILES string of the molecule is CC(C)(C[C@H]1CN(S(=O)(=O)c2cccc(C(F)(F)F)c2)c2cc(-c3cc(Cl)cc(F)c3Cl)ccc2O1)C(=O)O. The van der Waals surface area contributed by atoms with Gasteiger partial charge in [0.05, 0.1) is 33.1 Å². The van der Waals surface area contributed by atoms with Gasteiger partial charge in [0.2, 0.25) is 0 Å². The fourth-order valence-corrected chi connectivity index (χ4v) is 6.16. The summed E-state index contributed by atoms with van der Waals surface area (Å²) in [6.07, 6.45) is -5.85. The Balaban J connectivity index is 1.87. The summed E-state index contributed by atoms with van der Waals surface area (Å²) in [6.45, 7) is 2.49. The number of rotatable bonds is 6. The van der Waals surface area contributed by atoms with Gasteiger partial charge in [0.15, 0.2) is 0 Å². The Labute approximate surface area is 231 Å². The highest BCUT2D eigenvalue weighted by molar-refractivity contribution is 7.92. The van der Waals surface area contributed by atoms with Gasteiger partial charge >= 0.3 is 12.1 Å². The summed E-state index contributed by atoms with van der Waals surface area (Å²) in [5.41, 5.74) is -2.10. The van der Waals surface area contributed by atoms with E-state index in [9.17, 15) is 35.9 Å². The molecule has 3 aromatic carbocycles. The van der Waals surface area contributed by atoms with Gasteiger partial charge in [-0.15, -0.1) is 0 Å². The largest absolute Gasteiger partial charge is 0.486 e. The van der Waals surface area contributed by atoms with Crippen molar-refractivity contribution in [2.24, 2.45) is 5.41 Å². The van der Waals surface area contributed by atoms with E-state index in [-0.39, 0.29) is 39.0 Å². The van der Waals surface area contributed by atoms with Crippen LogP contribution >= 0.6 is 23.2 Å². The van der Waals surface area contributed by atoms with Crippen LogP contribution in [0.15, 0.2) is 59.5 Å². The monoisotopic (exact) mass is 605 g/mol. The standard InChI is InChI=1S/C26H21Cl2F4NO5S/c1-25(2,24(34)35)12-17-13-33(39(36,37)18-5-3-4-15(9-18)26(30,31)32)21-8-14(6-7-22(21)38-17)19-10-16(27)11-20(29)23(19)28/h3-11,17H,12-13H2,1-2H3,(H,34,35)/t17-/m0/s1. The van der Waals surface area contributed by atoms with Crippen LogP contribution in [-0.2, 0) is 21.0 Å². The molecule has 0 aliphatic carbocycles. The molecular formula is C26H21Cl2F4NO5S. The molecule has 39 heavy (non-hydrogen) atoms. The Morgan fingerprint density at radius 2 is 1.79 bits per heavy atom. The van der Waals surface area contributed by atoms with Gasteiger partial charge in [-0.1, -0.05) is 35.3 Å². The third kappa shape index (κ3) is 5.80. The zero-order valence-corrected chi connectivity index (χ0v) is 22.7. The fraction of sp³-hybridized carbons (Fsp3) is 0.269. The first kappa shape index (κ1) is 29.0. The number of carboxylic acids is 1. The number of ether oxygens (including phenoxy) is 1. The van der Waals surface area contributed by atoms with Crippen LogP contribution in [-0.4, -0.2) is 32.1 Å². The van der Waals surface area contributed by atoms with Crippen LogP contribution < -0.4 is 9.04 Å². The van der Waals surface area contributed by atoms with E-state index in [1.54, 1.807) is 0 Å². The summed E-state index contributed by atoms with van der Waals surface area (Å²) in [5.74, 6) is -1.92. The minimum absolute atomic E-state index is 0.0327. The van der Waals surface area contributed by atoms with E-state index >= 15 is 0 Å². The van der Waals surface area contributed by atoms with E-state index in [1.165, 1.54) is 38.1 Å². The lowest BCUT2D eigenvalue weighted by atomic mass is 9.86. The van der Waals surface area contributed by atoms with Crippen molar-refractivity contribution in [3.63, 3.8) is 0 Å². The van der Waals surface area contributed by atoms with Gasteiger partial charge in [0, 0.05) is 17.0 Å². The van der Waals surface area contributed by atoms with E-state index in [1.807, 2.05) is 0 Å². The second-order valence-corrected chi connectivity index (χ2v) is 12.3. The maximum absolute atomic E-state index is 14.3. The predicted molar refractivity (Wildman–Crippen MR) is 138 cm³/mol. The summed E-state index contributed by atoms with van der Waals surface area (Å²) in [6, 6.07) is 9.89. The molecule has 3 aromatic rings. The Morgan fingerprint density at radius 3 is 2.44 bits per heavy atom. The van der Waals surface area contributed by atoms with Crippen LogP contribution in [0.2, 0.25) is 10.0 Å². The van der Waals surface area contributed by atoms with Gasteiger partial charge in [-0.05, 0) is 61.9 Å². The number of sulfonamides is 1. The summed E-state index contributed by atoms with van der Waals surface area (Å²) < 4.78 is 88.7. The van der Waals surface area contributed by atoms with Crippen molar-refractivity contribution < 1.29 is 40.6 Å². The van der Waals surface area contributed by atoms with Gasteiger partial charge in [-0.2, -0.15) is 13.2 Å². The Kier molecular flexibility index (Phi) is 7.57. The lowest BCUT2D eigenvalue weighted by molar-refractivity contribution is -0.148.